The predicted octanol–water partition coefficient (Wildman–Crippen LogP) is 5.63. The number of aliphatic hydroxyl groups is 1. The Morgan fingerprint density at radius 1 is 1.15 bits per heavy atom. The first-order valence-corrected chi connectivity index (χ1v) is 11.5. The molecule has 3 heteroatoms. The van der Waals surface area contributed by atoms with Crippen molar-refractivity contribution in [2.75, 3.05) is 0 Å². The molecule has 1 N–H and O–H groups in total. The third-order valence-corrected chi connectivity index (χ3v) is 9.40. The van der Waals surface area contributed by atoms with Gasteiger partial charge in [0.25, 0.3) is 0 Å². The van der Waals surface area contributed by atoms with Crippen LogP contribution in [0, 0.1) is 28.6 Å². The van der Waals surface area contributed by atoms with E-state index in [0.29, 0.717) is 23.5 Å². The zero-order chi connectivity index (χ0) is 18.8. The van der Waals surface area contributed by atoms with Crippen LogP contribution in [0.2, 0.25) is 0 Å². The molecule has 0 aromatic carbocycles. The number of carbonyl (C=O) groups excluding carboxylic acids is 1. The standard InChI is InChI=1S/C24H30O2S/c1-23-9-7-17(25)14-16(23)5-6-19-20(23)8-10-24(2)21(19)13-15(22(24)26)12-18-4-3-11-27-18/h3-5,11-12,17,19-21,25H,6-10,13-14H2,1-2H3/b15-12+/t17?,19?,20?,21?,23-,24-/m0/s1. The number of fused-ring (bicyclic) bond motifs is 5. The molecule has 3 saturated carbocycles. The number of thiophene rings is 1. The lowest BCUT2D eigenvalue weighted by Crippen LogP contribution is -2.50. The minimum atomic E-state index is -0.167. The van der Waals surface area contributed by atoms with Gasteiger partial charge in [-0.25, -0.2) is 0 Å². The molecule has 144 valence electrons. The number of Topliss-reactive ketones (excluding diaryl/α,β-unsaturated/α-hetero) is 1. The lowest BCUT2D eigenvalue weighted by Gasteiger charge is -2.56. The van der Waals surface area contributed by atoms with Crippen LogP contribution in [0.15, 0.2) is 34.7 Å². The van der Waals surface area contributed by atoms with Crippen molar-refractivity contribution in [2.45, 2.75) is 64.9 Å². The minimum Gasteiger partial charge on any atom is -0.393 e. The first kappa shape index (κ1) is 17.9. The Bertz CT molecular complexity index is 819. The first-order chi connectivity index (χ1) is 12.9. The van der Waals surface area contributed by atoms with Crippen molar-refractivity contribution >= 4 is 23.2 Å². The number of ketones is 1. The van der Waals surface area contributed by atoms with E-state index in [-0.39, 0.29) is 16.9 Å². The van der Waals surface area contributed by atoms with Crippen LogP contribution < -0.4 is 0 Å². The van der Waals surface area contributed by atoms with E-state index in [2.05, 4.69) is 43.5 Å². The molecule has 4 aliphatic carbocycles. The molecule has 0 bridgehead atoms. The average Bonchev–Trinajstić information content (AvgIpc) is 3.24. The summed E-state index contributed by atoms with van der Waals surface area (Å²) in [6, 6.07) is 4.18. The van der Waals surface area contributed by atoms with Gasteiger partial charge in [0.05, 0.1) is 6.10 Å². The molecule has 1 heterocycles. The Morgan fingerprint density at radius 2 is 1.96 bits per heavy atom. The third-order valence-electron chi connectivity index (χ3n) is 8.58. The molecule has 6 atom stereocenters. The van der Waals surface area contributed by atoms with Crippen molar-refractivity contribution in [1.82, 2.24) is 0 Å². The fourth-order valence-corrected chi connectivity index (χ4v) is 7.67. The quantitative estimate of drug-likeness (QED) is 0.504. The van der Waals surface area contributed by atoms with Crippen molar-refractivity contribution in [2.24, 2.45) is 28.6 Å². The molecule has 4 unspecified atom stereocenters. The molecule has 0 saturated heterocycles. The maximum Gasteiger partial charge on any atom is 0.165 e. The van der Waals surface area contributed by atoms with E-state index in [1.54, 1.807) is 11.3 Å². The summed E-state index contributed by atoms with van der Waals surface area (Å²) >= 11 is 1.72. The summed E-state index contributed by atoms with van der Waals surface area (Å²) in [7, 11) is 0. The fourth-order valence-electron chi connectivity index (χ4n) is 6.99. The van der Waals surface area contributed by atoms with Gasteiger partial charge in [-0.3, -0.25) is 4.79 Å². The van der Waals surface area contributed by atoms with Gasteiger partial charge in [-0.05, 0) is 91.2 Å². The Morgan fingerprint density at radius 3 is 2.74 bits per heavy atom. The van der Waals surface area contributed by atoms with E-state index < -0.39 is 0 Å². The summed E-state index contributed by atoms with van der Waals surface area (Å²) in [5.41, 5.74) is 2.64. The van der Waals surface area contributed by atoms with E-state index in [9.17, 15) is 9.90 Å². The van der Waals surface area contributed by atoms with Crippen molar-refractivity contribution < 1.29 is 9.90 Å². The smallest absolute Gasteiger partial charge is 0.165 e. The molecule has 1 aromatic heterocycles. The van der Waals surface area contributed by atoms with Crippen molar-refractivity contribution in [1.29, 1.82) is 0 Å². The van der Waals surface area contributed by atoms with Crippen LogP contribution in [0.3, 0.4) is 0 Å². The van der Waals surface area contributed by atoms with Gasteiger partial charge in [0, 0.05) is 10.3 Å². The van der Waals surface area contributed by atoms with E-state index in [1.807, 2.05) is 0 Å². The topological polar surface area (TPSA) is 37.3 Å². The SMILES string of the molecule is C[C@]12CCC(O)CC1=CCC1C2CC[C@]2(C)C(=O)/C(=C/c3cccs3)CC12. The molecule has 1 aromatic rings. The molecular formula is C24H30O2S. The van der Waals surface area contributed by atoms with E-state index in [4.69, 9.17) is 0 Å². The molecule has 3 fully saturated rings. The van der Waals surface area contributed by atoms with Crippen LogP contribution in [0.1, 0.15) is 63.7 Å². The molecule has 0 radical (unpaired) electrons. The summed E-state index contributed by atoms with van der Waals surface area (Å²) in [5, 5.41) is 12.2. The fraction of sp³-hybridized carbons (Fsp3) is 0.625. The van der Waals surface area contributed by atoms with Crippen LogP contribution in [-0.4, -0.2) is 17.0 Å². The van der Waals surface area contributed by atoms with Gasteiger partial charge in [-0.2, -0.15) is 0 Å². The van der Waals surface area contributed by atoms with Gasteiger partial charge in [0.1, 0.15) is 0 Å². The molecule has 0 spiro atoms. The molecule has 27 heavy (non-hydrogen) atoms. The normalized spacial score (nSPS) is 45.2. The van der Waals surface area contributed by atoms with E-state index >= 15 is 0 Å². The molecule has 0 amide bonds. The Hall–Kier alpha value is -1.19. The van der Waals surface area contributed by atoms with E-state index in [1.165, 1.54) is 16.9 Å². The predicted molar refractivity (Wildman–Crippen MR) is 110 cm³/mol. The minimum absolute atomic E-state index is 0.150. The van der Waals surface area contributed by atoms with E-state index in [0.717, 1.165) is 44.1 Å². The maximum atomic E-state index is 13.4. The van der Waals surface area contributed by atoms with Crippen molar-refractivity contribution in [3.63, 3.8) is 0 Å². The first-order valence-electron chi connectivity index (χ1n) is 10.6. The highest BCUT2D eigenvalue weighted by Crippen LogP contribution is 2.64. The molecule has 2 nitrogen and oxygen atoms in total. The number of hydrogen-bond acceptors (Lipinski definition) is 3. The summed E-state index contributed by atoms with van der Waals surface area (Å²) < 4.78 is 0. The second-order valence-electron chi connectivity index (χ2n) is 9.83. The van der Waals surface area contributed by atoms with Crippen LogP contribution in [0.5, 0.6) is 0 Å². The highest BCUT2D eigenvalue weighted by atomic mass is 32.1. The van der Waals surface area contributed by atoms with Gasteiger partial charge >= 0.3 is 0 Å². The zero-order valence-electron chi connectivity index (χ0n) is 16.4. The molecule has 0 aliphatic heterocycles. The number of hydrogen-bond donors (Lipinski definition) is 1. The largest absolute Gasteiger partial charge is 0.393 e. The van der Waals surface area contributed by atoms with Gasteiger partial charge in [0.15, 0.2) is 5.78 Å². The van der Waals surface area contributed by atoms with Crippen molar-refractivity contribution in [3.8, 4) is 0 Å². The molecule has 4 aliphatic rings. The summed E-state index contributed by atoms with van der Waals surface area (Å²) in [5.74, 6) is 2.19. The van der Waals surface area contributed by atoms with Crippen LogP contribution in [-0.2, 0) is 4.79 Å². The lowest BCUT2D eigenvalue weighted by molar-refractivity contribution is -0.130. The maximum absolute atomic E-state index is 13.4. The second-order valence-corrected chi connectivity index (χ2v) is 10.8. The lowest BCUT2D eigenvalue weighted by atomic mass is 9.48. The Balaban J connectivity index is 1.49. The van der Waals surface area contributed by atoms with Crippen LogP contribution in [0.4, 0.5) is 0 Å². The number of allylic oxidation sites excluding steroid dienone is 2. The monoisotopic (exact) mass is 382 g/mol. The van der Waals surface area contributed by atoms with Crippen LogP contribution in [0.25, 0.3) is 6.08 Å². The van der Waals surface area contributed by atoms with Gasteiger partial charge in [-0.1, -0.05) is 31.6 Å². The zero-order valence-corrected chi connectivity index (χ0v) is 17.2. The average molecular weight is 383 g/mol. The van der Waals surface area contributed by atoms with Gasteiger partial charge in [0.2, 0.25) is 0 Å². The number of carbonyl (C=O) groups is 1. The summed E-state index contributed by atoms with van der Waals surface area (Å²) in [6.45, 7) is 4.70. The summed E-state index contributed by atoms with van der Waals surface area (Å²) in [4.78, 5) is 14.6. The number of rotatable bonds is 1. The van der Waals surface area contributed by atoms with Crippen molar-refractivity contribution in [3.05, 3.63) is 39.6 Å². The molecule has 5 rings (SSSR count). The van der Waals surface area contributed by atoms with Gasteiger partial charge in [-0.15, -0.1) is 11.3 Å². The Kier molecular flexibility index (Phi) is 4.07. The molecular weight excluding hydrogens is 352 g/mol. The number of aliphatic hydroxyl groups excluding tert-OH is 1. The van der Waals surface area contributed by atoms with Crippen LogP contribution >= 0.6 is 11.3 Å². The Labute approximate surface area is 166 Å². The second kappa shape index (κ2) is 6.15. The highest BCUT2D eigenvalue weighted by molar-refractivity contribution is 7.10. The van der Waals surface area contributed by atoms with Gasteiger partial charge < -0.3 is 5.11 Å². The summed E-state index contributed by atoms with van der Waals surface area (Å²) in [6.07, 6.45) is 11.6. The third kappa shape index (κ3) is 2.57. The highest BCUT2D eigenvalue weighted by Gasteiger charge is 2.59.